The lowest BCUT2D eigenvalue weighted by atomic mass is 10.1. The van der Waals surface area contributed by atoms with E-state index in [4.69, 9.17) is 9.84 Å². The average Bonchev–Trinajstić information content (AvgIpc) is 2.95. The summed E-state index contributed by atoms with van der Waals surface area (Å²) in [6, 6.07) is 8.44. The quantitative estimate of drug-likeness (QED) is 0.652. The summed E-state index contributed by atoms with van der Waals surface area (Å²) >= 11 is 1.28. The van der Waals surface area contributed by atoms with Crippen LogP contribution in [0.2, 0.25) is 0 Å². The van der Waals surface area contributed by atoms with Crippen molar-refractivity contribution < 1.29 is 19.4 Å². The fraction of sp³-hybridized carbons (Fsp3) is 0.125. The van der Waals surface area contributed by atoms with Gasteiger partial charge in [-0.2, -0.15) is 0 Å². The van der Waals surface area contributed by atoms with Crippen LogP contribution in [-0.4, -0.2) is 23.5 Å². The first-order chi connectivity index (χ1) is 10.1. The molecule has 0 saturated carbocycles. The number of carboxylic acid groups (broad SMARTS) is 1. The van der Waals surface area contributed by atoms with Gasteiger partial charge < -0.3 is 9.84 Å². The highest BCUT2D eigenvalue weighted by molar-refractivity contribution is 7.11. The van der Waals surface area contributed by atoms with E-state index in [0.717, 1.165) is 10.6 Å². The zero-order valence-corrected chi connectivity index (χ0v) is 12.2. The van der Waals surface area contributed by atoms with Gasteiger partial charge in [0.05, 0.1) is 12.2 Å². The Balaban J connectivity index is 2.05. The highest BCUT2D eigenvalue weighted by Gasteiger charge is 2.06. The van der Waals surface area contributed by atoms with Crippen molar-refractivity contribution in [3.63, 3.8) is 0 Å². The summed E-state index contributed by atoms with van der Waals surface area (Å²) in [6.45, 7) is 2.48. The fourth-order valence-corrected chi connectivity index (χ4v) is 2.46. The number of ether oxygens (including phenoxy) is 1. The van der Waals surface area contributed by atoms with Gasteiger partial charge in [-0.3, -0.25) is 4.79 Å². The first kappa shape index (κ1) is 15.0. The second kappa shape index (κ2) is 6.85. The van der Waals surface area contributed by atoms with Gasteiger partial charge in [0, 0.05) is 15.8 Å². The minimum absolute atomic E-state index is 0.136. The number of benzene rings is 1. The topological polar surface area (TPSA) is 63.6 Å². The van der Waals surface area contributed by atoms with E-state index >= 15 is 0 Å². The minimum Gasteiger partial charge on any atom is -0.494 e. The number of carbonyl (C=O) groups excluding carboxylic acids is 1. The largest absolute Gasteiger partial charge is 0.494 e. The second-order valence-corrected chi connectivity index (χ2v) is 5.14. The average molecular weight is 302 g/mol. The molecule has 2 rings (SSSR count). The first-order valence-corrected chi connectivity index (χ1v) is 7.25. The number of allylic oxidation sites excluding steroid dienone is 1. The summed E-state index contributed by atoms with van der Waals surface area (Å²) in [6.07, 6.45) is 3.06. The van der Waals surface area contributed by atoms with Crippen LogP contribution in [0.25, 0.3) is 6.08 Å². The molecule has 1 aromatic heterocycles. The molecule has 0 saturated heterocycles. The Morgan fingerprint density at radius 1 is 1.24 bits per heavy atom. The van der Waals surface area contributed by atoms with Crippen LogP contribution < -0.4 is 4.74 Å². The molecule has 4 nitrogen and oxygen atoms in total. The molecular weight excluding hydrogens is 288 g/mol. The molecule has 0 aliphatic heterocycles. The molecule has 5 heteroatoms. The summed E-state index contributed by atoms with van der Waals surface area (Å²) in [7, 11) is 0. The van der Waals surface area contributed by atoms with Crippen LogP contribution >= 0.6 is 11.3 Å². The molecule has 21 heavy (non-hydrogen) atoms. The molecule has 0 atom stereocenters. The Bertz CT molecular complexity index is 668. The Morgan fingerprint density at radius 2 is 1.95 bits per heavy atom. The smallest absolute Gasteiger partial charge is 0.336 e. The maximum Gasteiger partial charge on any atom is 0.336 e. The SMILES string of the molecule is CCOc1ccc(C(=O)/C=C/c2cc(C(=O)O)cs2)cc1. The summed E-state index contributed by atoms with van der Waals surface area (Å²) in [5.74, 6) is -0.380. The molecule has 0 radical (unpaired) electrons. The standard InChI is InChI=1S/C16H14O4S/c1-2-20-13-5-3-11(4-6-13)15(17)8-7-14-9-12(10-21-14)16(18)19/h3-10H,2H2,1H3,(H,18,19)/b8-7+. The Labute approximate surface area is 126 Å². The molecule has 0 amide bonds. The van der Waals surface area contributed by atoms with Crippen molar-refractivity contribution >= 4 is 29.2 Å². The zero-order chi connectivity index (χ0) is 15.2. The van der Waals surface area contributed by atoms with Crippen molar-refractivity contribution in [1.82, 2.24) is 0 Å². The first-order valence-electron chi connectivity index (χ1n) is 6.37. The van der Waals surface area contributed by atoms with Crippen molar-refractivity contribution in [1.29, 1.82) is 0 Å². The van der Waals surface area contributed by atoms with Crippen LogP contribution in [-0.2, 0) is 0 Å². The van der Waals surface area contributed by atoms with Crippen molar-refractivity contribution in [3.05, 3.63) is 57.8 Å². The van der Waals surface area contributed by atoms with Crippen molar-refractivity contribution in [3.8, 4) is 5.75 Å². The molecule has 1 aromatic carbocycles. The van der Waals surface area contributed by atoms with Crippen LogP contribution in [0, 0.1) is 0 Å². The third kappa shape index (κ3) is 4.03. The highest BCUT2D eigenvalue weighted by Crippen LogP contribution is 2.17. The molecule has 0 bridgehead atoms. The van der Waals surface area contributed by atoms with Gasteiger partial charge in [0.15, 0.2) is 5.78 Å². The number of hydrogen-bond acceptors (Lipinski definition) is 4. The maximum absolute atomic E-state index is 12.0. The van der Waals surface area contributed by atoms with Gasteiger partial charge in [0.1, 0.15) is 5.75 Å². The number of hydrogen-bond donors (Lipinski definition) is 1. The van der Waals surface area contributed by atoms with Crippen molar-refractivity contribution in [2.45, 2.75) is 6.92 Å². The van der Waals surface area contributed by atoms with E-state index in [0.29, 0.717) is 12.2 Å². The Morgan fingerprint density at radius 3 is 2.52 bits per heavy atom. The van der Waals surface area contributed by atoms with Gasteiger partial charge in [0.25, 0.3) is 0 Å². The molecule has 0 spiro atoms. The zero-order valence-electron chi connectivity index (χ0n) is 11.4. The van der Waals surface area contributed by atoms with Crippen molar-refractivity contribution in [2.75, 3.05) is 6.61 Å². The normalized spacial score (nSPS) is 10.7. The second-order valence-electron chi connectivity index (χ2n) is 4.20. The molecular formula is C16H14O4S. The summed E-state index contributed by atoms with van der Waals surface area (Å²) < 4.78 is 5.31. The molecule has 0 fully saturated rings. The van der Waals surface area contributed by atoms with Gasteiger partial charge in [-0.05, 0) is 49.4 Å². The predicted octanol–water partition coefficient (Wildman–Crippen LogP) is 3.74. The van der Waals surface area contributed by atoms with Crippen LogP contribution in [0.1, 0.15) is 32.5 Å². The van der Waals surface area contributed by atoms with E-state index in [1.807, 2.05) is 6.92 Å². The summed E-state index contributed by atoms with van der Waals surface area (Å²) in [5.41, 5.74) is 0.790. The third-order valence-electron chi connectivity index (χ3n) is 2.72. The Kier molecular flexibility index (Phi) is 4.90. The lowest BCUT2D eigenvalue weighted by Crippen LogP contribution is -1.95. The predicted molar refractivity (Wildman–Crippen MR) is 82.3 cm³/mol. The lowest BCUT2D eigenvalue weighted by Gasteiger charge is -2.02. The Hall–Kier alpha value is -2.40. The van der Waals surface area contributed by atoms with E-state index in [1.165, 1.54) is 23.5 Å². The fourth-order valence-electron chi connectivity index (χ4n) is 1.69. The highest BCUT2D eigenvalue weighted by atomic mass is 32.1. The molecule has 1 heterocycles. The number of ketones is 1. The number of carboxylic acids is 1. The lowest BCUT2D eigenvalue weighted by molar-refractivity contribution is 0.0697. The van der Waals surface area contributed by atoms with E-state index in [2.05, 4.69) is 0 Å². The van der Waals surface area contributed by atoms with Gasteiger partial charge in [-0.25, -0.2) is 4.79 Å². The number of aromatic carboxylic acids is 1. The molecule has 0 aliphatic rings. The molecule has 2 aromatic rings. The third-order valence-corrected chi connectivity index (χ3v) is 3.61. The van der Waals surface area contributed by atoms with Gasteiger partial charge in [-0.1, -0.05) is 0 Å². The molecule has 0 aliphatic carbocycles. The molecule has 1 N–H and O–H groups in total. The minimum atomic E-state index is -0.969. The molecule has 0 unspecified atom stereocenters. The van der Waals surface area contributed by atoms with Crippen LogP contribution in [0.3, 0.4) is 0 Å². The summed E-state index contributed by atoms with van der Waals surface area (Å²) in [5, 5.41) is 10.4. The van der Waals surface area contributed by atoms with E-state index in [1.54, 1.807) is 35.7 Å². The number of thiophene rings is 1. The number of rotatable bonds is 6. The van der Waals surface area contributed by atoms with Gasteiger partial charge >= 0.3 is 5.97 Å². The van der Waals surface area contributed by atoms with E-state index < -0.39 is 5.97 Å². The van der Waals surface area contributed by atoms with Gasteiger partial charge in [-0.15, -0.1) is 11.3 Å². The molecule has 108 valence electrons. The monoisotopic (exact) mass is 302 g/mol. The van der Waals surface area contributed by atoms with E-state index in [9.17, 15) is 9.59 Å². The van der Waals surface area contributed by atoms with Crippen LogP contribution in [0.5, 0.6) is 5.75 Å². The van der Waals surface area contributed by atoms with Crippen LogP contribution in [0.4, 0.5) is 0 Å². The maximum atomic E-state index is 12.0. The van der Waals surface area contributed by atoms with Gasteiger partial charge in [0.2, 0.25) is 0 Å². The van der Waals surface area contributed by atoms with Crippen molar-refractivity contribution in [2.24, 2.45) is 0 Å². The van der Waals surface area contributed by atoms with Crippen LogP contribution in [0.15, 0.2) is 41.8 Å². The van der Waals surface area contributed by atoms with E-state index in [-0.39, 0.29) is 11.3 Å². The number of carbonyl (C=O) groups is 2. The summed E-state index contributed by atoms with van der Waals surface area (Å²) in [4.78, 5) is 23.5.